The number of amides is 2. The Morgan fingerprint density at radius 3 is 2.57 bits per heavy atom. The lowest BCUT2D eigenvalue weighted by Crippen LogP contribution is -2.40. The van der Waals surface area contributed by atoms with Crippen molar-refractivity contribution in [2.75, 3.05) is 19.0 Å². The van der Waals surface area contributed by atoms with E-state index in [4.69, 9.17) is 9.47 Å². The van der Waals surface area contributed by atoms with Crippen LogP contribution in [0.3, 0.4) is 0 Å². The zero-order valence-electron chi connectivity index (χ0n) is 20.6. The highest BCUT2D eigenvalue weighted by molar-refractivity contribution is 5.98. The van der Waals surface area contributed by atoms with Crippen LogP contribution in [0.15, 0.2) is 60.8 Å². The van der Waals surface area contributed by atoms with Crippen LogP contribution < -0.4 is 14.8 Å². The Morgan fingerprint density at radius 1 is 1.09 bits per heavy atom. The third-order valence-electron chi connectivity index (χ3n) is 6.03. The van der Waals surface area contributed by atoms with Crippen molar-refractivity contribution in [1.29, 1.82) is 0 Å². The standard InChI is InChI=1S/C28H31N3O4/c1-18(2)13-23(31-16-22-7-5-6-8-24(22)28(31)33)17-35-25-10-9-20(14-26(25)34-4)21-11-12-29-27(15-21)30-19(3)32/h5-12,14-15,18,23H,13,16-17H2,1-4H3,(H,29,30,32)/t23-/m0/s1. The highest BCUT2D eigenvalue weighted by Crippen LogP contribution is 2.34. The van der Waals surface area contributed by atoms with Gasteiger partial charge in [-0.05, 0) is 59.4 Å². The van der Waals surface area contributed by atoms with Gasteiger partial charge in [0.2, 0.25) is 5.91 Å². The fourth-order valence-electron chi connectivity index (χ4n) is 4.41. The van der Waals surface area contributed by atoms with E-state index < -0.39 is 0 Å². The average Bonchev–Trinajstić information content (AvgIpc) is 3.17. The molecule has 7 heteroatoms. The van der Waals surface area contributed by atoms with E-state index in [0.717, 1.165) is 28.7 Å². The zero-order chi connectivity index (χ0) is 24.9. The molecule has 1 atom stereocenters. The van der Waals surface area contributed by atoms with Crippen LogP contribution in [0.25, 0.3) is 11.1 Å². The molecule has 2 heterocycles. The van der Waals surface area contributed by atoms with Gasteiger partial charge in [-0.15, -0.1) is 0 Å². The summed E-state index contributed by atoms with van der Waals surface area (Å²) in [4.78, 5) is 30.5. The Balaban J connectivity index is 1.52. The lowest BCUT2D eigenvalue weighted by molar-refractivity contribution is -0.114. The van der Waals surface area contributed by atoms with E-state index in [2.05, 4.69) is 24.1 Å². The highest BCUT2D eigenvalue weighted by atomic mass is 16.5. The van der Waals surface area contributed by atoms with Gasteiger partial charge < -0.3 is 19.7 Å². The number of hydrogen-bond donors (Lipinski definition) is 1. The lowest BCUT2D eigenvalue weighted by Gasteiger charge is -2.29. The maximum atomic E-state index is 13.1. The molecule has 35 heavy (non-hydrogen) atoms. The maximum absolute atomic E-state index is 13.1. The number of methoxy groups -OCH3 is 1. The van der Waals surface area contributed by atoms with Crippen molar-refractivity contribution in [3.8, 4) is 22.6 Å². The molecule has 1 aliphatic rings. The monoisotopic (exact) mass is 473 g/mol. The Kier molecular flexibility index (Phi) is 7.34. The molecule has 0 fully saturated rings. The Labute approximate surface area is 206 Å². The first-order valence-electron chi connectivity index (χ1n) is 11.8. The minimum atomic E-state index is -0.175. The summed E-state index contributed by atoms with van der Waals surface area (Å²) in [6.07, 6.45) is 2.49. The summed E-state index contributed by atoms with van der Waals surface area (Å²) in [6.45, 7) is 6.73. The number of anilines is 1. The highest BCUT2D eigenvalue weighted by Gasteiger charge is 2.33. The summed E-state index contributed by atoms with van der Waals surface area (Å²) in [5, 5.41) is 2.70. The third kappa shape index (κ3) is 5.62. The number of pyridine rings is 1. The largest absolute Gasteiger partial charge is 0.493 e. The van der Waals surface area contributed by atoms with Crippen molar-refractivity contribution < 1.29 is 19.1 Å². The number of carbonyl (C=O) groups is 2. The van der Waals surface area contributed by atoms with Crippen LogP contribution in [0, 0.1) is 5.92 Å². The molecular formula is C28H31N3O4. The molecule has 182 valence electrons. The molecule has 1 aromatic heterocycles. The van der Waals surface area contributed by atoms with Crippen LogP contribution in [-0.2, 0) is 11.3 Å². The van der Waals surface area contributed by atoms with E-state index in [-0.39, 0.29) is 17.9 Å². The van der Waals surface area contributed by atoms with Crippen molar-refractivity contribution in [1.82, 2.24) is 9.88 Å². The second-order valence-electron chi connectivity index (χ2n) is 9.16. The SMILES string of the molecule is COc1cc(-c2ccnc(NC(C)=O)c2)ccc1OC[C@H](CC(C)C)N1Cc2ccccc2C1=O. The Morgan fingerprint density at radius 2 is 1.86 bits per heavy atom. The van der Waals surface area contributed by atoms with Gasteiger partial charge in [0, 0.05) is 25.2 Å². The van der Waals surface area contributed by atoms with E-state index >= 15 is 0 Å². The first-order valence-corrected chi connectivity index (χ1v) is 11.8. The van der Waals surface area contributed by atoms with Crippen LogP contribution >= 0.6 is 0 Å². The molecule has 2 amide bonds. The van der Waals surface area contributed by atoms with Gasteiger partial charge in [-0.1, -0.05) is 38.1 Å². The van der Waals surface area contributed by atoms with Gasteiger partial charge >= 0.3 is 0 Å². The van der Waals surface area contributed by atoms with Gasteiger partial charge in [0.25, 0.3) is 5.91 Å². The van der Waals surface area contributed by atoms with Crippen molar-refractivity contribution in [3.05, 3.63) is 71.9 Å². The van der Waals surface area contributed by atoms with Gasteiger partial charge in [-0.2, -0.15) is 0 Å². The van der Waals surface area contributed by atoms with E-state index in [1.54, 1.807) is 13.3 Å². The molecule has 1 aliphatic heterocycles. The maximum Gasteiger partial charge on any atom is 0.254 e. The zero-order valence-corrected chi connectivity index (χ0v) is 20.6. The number of nitrogens with one attached hydrogen (secondary N) is 1. The molecule has 0 bridgehead atoms. The van der Waals surface area contributed by atoms with Gasteiger partial charge in [-0.25, -0.2) is 4.98 Å². The summed E-state index contributed by atoms with van der Waals surface area (Å²) in [5.41, 5.74) is 3.64. The third-order valence-corrected chi connectivity index (χ3v) is 6.03. The normalized spacial score (nSPS) is 13.5. The smallest absolute Gasteiger partial charge is 0.254 e. The summed E-state index contributed by atoms with van der Waals surface area (Å²) >= 11 is 0. The van der Waals surface area contributed by atoms with Gasteiger partial charge in [0.15, 0.2) is 11.5 Å². The number of aromatic nitrogens is 1. The predicted molar refractivity (Wildman–Crippen MR) is 136 cm³/mol. The second-order valence-corrected chi connectivity index (χ2v) is 9.16. The molecule has 3 aromatic rings. The molecule has 0 aliphatic carbocycles. The van der Waals surface area contributed by atoms with Crippen molar-refractivity contribution in [2.24, 2.45) is 5.92 Å². The fourth-order valence-corrected chi connectivity index (χ4v) is 4.41. The van der Waals surface area contributed by atoms with Crippen LogP contribution in [-0.4, -0.2) is 41.5 Å². The van der Waals surface area contributed by atoms with E-state index in [0.29, 0.717) is 36.4 Å². The summed E-state index contributed by atoms with van der Waals surface area (Å²) in [7, 11) is 1.60. The Hall–Kier alpha value is -3.87. The van der Waals surface area contributed by atoms with E-state index in [9.17, 15) is 9.59 Å². The molecule has 0 saturated heterocycles. The number of rotatable bonds is 9. The Bertz CT molecular complexity index is 1220. The topological polar surface area (TPSA) is 80.8 Å². The van der Waals surface area contributed by atoms with Crippen LogP contribution in [0.2, 0.25) is 0 Å². The van der Waals surface area contributed by atoms with Crippen molar-refractivity contribution in [3.63, 3.8) is 0 Å². The summed E-state index contributed by atoms with van der Waals surface area (Å²) in [6, 6.07) is 17.1. The molecular weight excluding hydrogens is 442 g/mol. The molecule has 7 nitrogen and oxygen atoms in total. The average molecular weight is 474 g/mol. The number of nitrogens with zero attached hydrogens (tertiary/aromatic N) is 2. The van der Waals surface area contributed by atoms with Crippen molar-refractivity contribution >= 4 is 17.6 Å². The lowest BCUT2D eigenvalue weighted by atomic mass is 10.0. The first-order chi connectivity index (χ1) is 16.9. The first kappa shape index (κ1) is 24.3. The van der Waals surface area contributed by atoms with Crippen LogP contribution in [0.5, 0.6) is 11.5 Å². The number of fused-ring (bicyclic) bond motifs is 1. The molecule has 0 radical (unpaired) electrons. The number of carbonyl (C=O) groups excluding carboxylic acids is 2. The summed E-state index contributed by atoms with van der Waals surface area (Å²) < 4.78 is 11.9. The second kappa shape index (κ2) is 10.6. The van der Waals surface area contributed by atoms with Crippen LogP contribution in [0.4, 0.5) is 5.82 Å². The number of hydrogen-bond acceptors (Lipinski definition) is 5. The van der Waals surface area contributed by atoms with Gasteiger partial charge in [0.1, 0.15) is 12.4 Å². The van der Waals surface area contributed by atoms with E-state index in [1.807, 2.05) is 59.5 Å². The van der Waals surface area contributed by atoms with Gasteiger partial charge in [0.05, 0.1) is 13.2 Å². The molecule has 0 spiro atoms. The minimum absolute atomic E-state index is 0.0558. The fraction of sp³-hybridized carbons (Fsp3) is 0.321. The van der Waals surface area contributed by atoms with Gasteiger partial charge in [-0.3, -0.25) is 9.59 Å². The summed E-state index contributed by atoms with van der Waals surface area (Å²) in [5.74, 6) is 2.00. The van der Waals surface area contributed by atoms with E-state index in [1.165, 1.54) is 6.92 Å². The minimum Gasteiger partial charge on any atom is -0.493 e. The molecule has 1 N–H and O–H groups in total. The predicted octanol–water partition coefficient (Wildman–Crippen LogP) is 5.17. The molecule has 4 rings (SSSR count). The molecule has 0 unspecified atom stereocenters. The molecule has 2 aromatic carbocycles. The molecule has 0 saturated carbocycles. The number of benzene rings is 2. The van der Waals surface area contributed by atoms with Crippen LogP contribution in [0.1, 0.15) is 43.1 Å². The van der Waals surface area contributed by atoms with Crippen molar-refractivity contribution in [2.45, 2.75) is 39.8 Å². The number of ether oxygens (including phenoxy) is 2. The quantitative estimate of drug-likeness (QED) is 0.464.